The van der Waals surface area contributed by atoms with Crippen LogP contribution in [0.15, 0.2) is 65.1 Å². The number of nitrogens with one attached hydrogen (secondary N) is 1. The SMILES string of the molecule is O=C(CSc1ccc(F)cc1)NCc1cncc(-c2cccs2)c1. The zero-order valence-electron chi connectivity index (χ0n) is 12.7. The van der Waals surface area contributed by atoms with Crippen LogP contribution in [-0.4, -0.2) is 16.6 Å². The number of pyridine rings is 1. The van der Waals surface area contributed by atoms with Gasteiger partial charge in [0.05, 0.1) is 5.75 Å². The fourth-order valence-electron chi connectivity index (χ4n) is 2.09. The van der Waals surface area contributed by atoms with E-state index in [4.69, 9.17) is 0 Å². The van der Waals surface area contributed by atoms with Crippen molar-refractivity contribution in [3.8, 4) is 10.4 Å². The fraction of sp³-hybridized carbons (Fsp3) is 0.111. The number of hydrogen-bond donors (Lipinski definition) is 1. The van der Waals surface area contributed by atoms with Crippen LogP contribution in [0.2, 0.25) is 0 Å². The molecule has 0 unspecified atom stereocenters. The average Bonchev–Trinajstić information content (AvgIpc) is 3.14. The molecule has 2 heterocycles. The maximum absolute atomic E-state index is 12.8. The van der Waals surface area contributed by atoms with Crippen molar-refractivity contribution in [3.63, 3.8) is 0 Å². The molecule has 0 aliphatic rings. The number of thiophene rings is 1. The van der Waals surface area contributed by atoms with Gasteiger partial charge >= 0.3 is 0 Å². The van der Waals surface area contributed by atoms with E-state index < -0.39 is 0 Å². The van der Waals surface area contributed by atoms with E-state index in [1.807, 2.05) is 29.8 Å². The standard InChI is InChI=1S/C18H15FN2OS2/c19-15-3-5-16(6-4-15)24-12-18(22)21-10-13-8-14(11-20-9-13)17-2-1-7-23-17/h1-9,11H,10,12H2,(H,21,22). The molecule has 1 aromatic carbocycles. The van der Waals surface area contributed by atoms with E-state index in [9.17, 15) is 9.18 Å². The molecule has 0 aliphatic carbocycles. The van der Waals surface area contributed by atoms with E-state index in [0.717, 1.165) is 20.9 Å². The molecule has 0 spiro atoms. The number of carbonyl (C=O) groups excluding carboxylic acids is 1. The van der Waals surface area contributed by atoms with Crippen LogP contribution >= 0.6 is 23.1 Å². The van der Waals surface area contributed by atoms with E-state index in [0.29, 0.717) is 12.3 Å². The molecule has 3 nitrogen and oxygen atoms in total. The summed E-state index contributed by atoms with van der Waals surface area (Å²) in [5, 5.41) is 4.91. The van der Waals surface area contributed by atoms with Gasteiger partial charge in [-0.3, -0.25) is 9.78 Å². The molecule has 3 aromatic rings. The number of aromatic nitrogens is 1. The molecular formula is C18H15FN2OS2. The van der Waals surface area contributed by atoms with Gasteiger partial charge in [0.15, 0.2) is 0 Å². The molecule has 122 valence electrons. The maximum atomic E-state index is 12.8. The number of amides is 1. The third kappa shape index (κ3) is 4.66. The Morgan fingerprint density at radius 3 is 2.79 bits per heavy atom. The summed E-state index contributed by atoms with van der Waals surface area (Å²) in [6.07, 6.45) is 3.58. The highest BCUT2D eigenvalue weighted by Crippen LogP contribution is 2.24. The number of nitrogens with zero attached hydrogens (tertiary/aromatic N) is 1. The first kappa shape index (κ1) is 16.7. The minimum atomic E-state index is -0.276. The predicted molar refractivity (Wildman–Crippen MR) is 96.5 cm³/mol. The lowest BCUT2D eigenvalue weighted by molar-refractivity contribution is -0.118. The highest BCUT2D eigenvalue weighted by Gasteiger charge is 2.05. The van der Waals surface area contributed by atoms with Gasteiger partial charge in [0.1, 0.15) is 5.82 Å². The van der Waals surface area contributed by atoms with Crippen molar-refractivity contribution in [2.24, 2.45) is 0 Å². The summed E-state index contributed by atoms with van der Waals surface area (Å²) >= 11 is 3.04. The quantitative estimate of drug-likeness (QED) is 0.666. The van der Waals surface area contributed by atoms with Gasteiger partial charge in [-0.05, 0) is 47.3 Å². The molecule has 24 heavy (non-hydrogen) atoms. The maximum Gasteiger partial charge on any atom is 0.230 e. The minimum absolute atomic E-state index is 0.0640. The molecule has 2 aromatic heterocycles. The van der Waals surface area contributed by atoms with Crippen LogP contribution in [-0.2, 0) is 11.3 Å². The van der Waals surface area contributed by atoms with Crippen LogP contribution in [0.4, 0.5) is 4.39 Å². The van der Waals surface area contributed by atoms with E-state index in [1.165, 1.54) is 23.9 Å². The zero-order valence-corrected chi connectivity index (χ0v) is 14.4. The van der Waals surface area contributed by atoms with Gasteiger partial charge in [-0.25, -0.2) is 4.39 Å². The number of thioether (sulfide) groups is 1. The second kappa shape index (κ2) is 8.08. The Labute approximate surface area is 148 Å². The molecule has 0 fully saturated rings. The normalized spacial score (nSPS) is 10.5. The molecule has 6 heteroatoms. The second-order valence-electron chi connectivity index (χ2n) is 5.08. The molecule has 0 aliphatic heterocycles. The van der Waals surface area contributed by atoms with E-state index >= 15 is 0 Å². The van der Waals surface area contributed by atoms with Crippen LogP contribution in [0.1, 0.15) is 5.56 Å². The third-order valence-electron chi connectivity index (χ3n) is 3.27. The first-order chi connectivity index (χ1) is 11.7. The number of halogens is 1. The van der Waals surface area contributed by atoms with E-state index in [1.54, 1.807) is 29.7 Å². The third-order valence-corrected chi connectivity index (χ3v) is 5.20. The van der Waals surface area contributed by atoms with Crippen molar-refractivity contribution >= 4 is 29.0 Å². The Morgan fingerprint density at radius 1 is 1.21 bits per heavy atom. The molecule has 0 saturated carbocycles. The van der Waals surface area contributed by atoms with Gasteiger partial charge in [0.25, 0.3) is 0 Å². The summed E-state index contributed by atoms with van der Waals surface area (Å²) in [5.41, 5.74) is 2.01. The lowest BCUT2D eigenvalue weighted by Crippen LogP contribution is -2.24. The minimum Gasteiger partial charge on any atom is -0.351 e. The van der Waals surface area contributed by atoms with Crippen LogP contribution in [0, 0.1) is 5.82 Å². The van der Waals surface area contributed by atoms with Gasteiger partial charge < -0.3 is 5.32 Å². The lowest BCUT2D eigenvalue weighted by Gasteiger charge is -2.06. The second-order valence-corrected chi connectivity index (χ2v) is 7.07. The number of hydrogen-bond acceptors (Lipinski definition) is 4. The van der Waals surface area contributed by atoms with Gasteiger partial charge in [0.2, 0.25) is 5.91 Å². The molecule has 1 N–H and O–H groups in total. The monoisotopic (exact) mass is 358 g/mol. The van der Waals surface area contributed by atoms with Crippen LogP contribution < -0.4 is 5.32 Å². The van der Waals surface area contributed by atoms with Crippen molar-refractivity contribution in [1.29, 1.82) is 0 Å². The number of rotatable bonds is 6. The largest absolute Gasteiger partial charge is 0.351 e. The highest BCUT2D eigenvalue weighted by molar-refractivity contribution is 8.00. The summed E-state index contributed by atoms with van der Waals surface area (Å²) < 4.78 is 12.8. The number of benzene rings is 1. The predicted octanol–water partition coefficient (Wildman–Crippen LogP) is 4.36. The average molecular weight is 358 g/mol. The first-order valence-electron chi connectivity index (χ1n) is 7.33. The van der Waals surface area contributed by atoms with Crippen LogP contribution in [0.25, 0.3) is 10.4 Å². The van der Waals surface area contributed by atoms with Crippen molar-refractivity contribution in [3.05, 3.63) is 71.6 Å². The number of carbonyl (C=O) groups is 1. The summed E-state index contributed by atoms with van der Waals surface area (Å²) in [7, 11) is 0. The molecule has 0 atom stereocenters. The Morgan fingerprint density at radius 2 is 2.04 bits per heavy atom. The summed E-state index contributed by atoms with van der Waals surface area (Å²) in [5.74, 6) is -0.0447. The van der Waals surface area contributed by atoms with Crippen LogP contribution in [0.5, 0.6) is 0 Å². The Bertz CT molecular complexity index is 804. The van der Waals surface area contributed by atoms with Crippen molar-refractivity contribution in [2.75, 3.05) is 5.75 Å². The van der Waals surface area contributed by atoms with Gasteiger partial charge in [0, 0.05) is 34.3 Å². The molecular weight excluding hydrogens is 343 g/mol. The molecule has 3 rings (SSSR count). The van der Waals surface area contributed by atoms with E-state index in [-0.39, 0.29) is 11.7 Å². The Hall–Kier alpha value is -2.18. The molecule has 1 amide bonds. The van der Waals surface area contributed by atoms with E-state index in [2.05, 4.69) is 10.3 Å². The molecule has 0 bridgehead atoms. The fourth-order valence-corrected chi connectivity index (χ4v) is 3.53. The van der Waals surface area contributed by atoms with Crippen LogP contribution in [0.3, 0.4) is 0 Å². The van der Waals surface area contributed by atoms with Crippen molar-refractivity contribution < 1.29 is 9.18 Å². The molecule has 0 radical (unpaired) electrons. The Kier molecular flexibility index (Phi) is 5.61. The topological polar surface area (TPSA) is 42.0 Å². The highest BCUT2D eigenvalue weighted by atomic mass is 32.2. The van der Waals surface area contributed by atoms with Crippen molar-refractivity contribution in [1.82, 2.24) is 10.3 Å². The summed E-state index contributed by atoms with van der Waals surface area (Å²) in [6, 6.07) is 12.2. The Balaban J connectivity index is 1.51. The van der Waals surface area contributed by atoms with Crippen molar-refractivity contribution in [2.45, 2.75) is 11.4 Å². The molecule has 0 saturated heterocycles. The summed E-state index contributed by atoms with van der Waals surface area (Å²) in [6.45, 7) is 0.440. The summed E-state index contributed by atoms with van der Waals surface area (Å²) in [4.78, 5) is 18.2. The van der Waals surface area contributed by atoms with Gasteiger partial charge in [-0.1, -0.05) is 6.07 Å². The van der Waals surface area contributed by atoms with Gasteiger partial charge in [-0.15, -0.1) is 23.1 Å². The smallest absolute Gasteiger partial charge is 0.230 e. The zero-order chi connectivity index (χ0) is 16.8. The lowest BCUT2D eigenvalue weighted by atomic mass is 10.2. The van der Waals surface area contributed by atoms with Gasteiger partial charge in [-0.2, -0.15) is 0 Å². The first-order valence-corrected chi connectivity index (χ1v) is 9.20.